The molecule has 3 nitrogen and oxygen atoms in total. The first kappa shape index (κ1) is 16.5. The average molecular weight is 294 g/mol. The zero-order chi connectivity index (χ0) is 15.2. The van der Waals surface area contributed by atoms with Crippen LogP contribution in [0.3, 0.4) is 0 Å². The summed E-state index contributed by atoms with van der Waals surface area (Å²) >= 11 is 0. The van der Waals surface area contributed by atoms with E-state index in [0.717, 1.165) is 11.8 Å². The molecule has 0 bridgehead atoms. The molecule has 2 fully saturated rings. The third-order valence-corrected chi connectivity index (χ3v) is 5.41. The van der Waals surface area contributed by atoms with Crippen LogP contribution >= 0.6 is 0 Å². The fourth-order valence-corrected chi connectivity index (χ4v) is 3.94. The molecule has 0 aliphatic heterocycles. The van der Waals surface area contributed by atoms with Gasteiger partial charge in [-0.05, 0) is 76.0 Å². The predicted octanol–water partition coefficient (Wildman–Crippen LogP) is 4.12. The Morgan fingerprint density at radius 3 is 2.00 bits per heavy atom. The van der Waals surface area contributed by atoms with Crippen molar-refractivity contribution in [2.75, 3.05) is 13.7 Å². The topological polar surface area (TPSA) is 35.5 Å². The average Bonchev–Trinajstić information content (AvgIpc) is 2.53. The first-order chi connectivity index (χ1) is 10.1. The van der Waals surface area contributed by atoms with E-state index in [1.165, 1.54) is 51.4 Å². The summed E-state index contributed by atoms with van der Waals surface area (Å²) < 4.78 is 10.8. The van der Waals surface area contributed by atoms with E-state index in [2.05, 4.69) is 6.58 Å². The van der Waals surface area contributed by atoms with Gasteiger partial charge in [-0.25, -0.2) is 4.79 Å². The maximum Gasteiger partial charge on any atom is 0.333 e. The minimum atomic E-state index is -0.241. The highest BCUT2D eigenvalue weighted by Gasteiger charge is 2.31. The molecular weight excluding hydrogens is 264 g/mol. The quantitative estimate of drug-likeness (QED) is 0.565. The molecule has 0 saturated heterocycles. The first-order valence-electron chi connectivity index (χ1n) is 8.45. The van der Waals surface area contributed by atoms with E-state index < -0.39 is 0 Å². The smallest absolute Gasteiger partial charge is 0.333 e. The van der Waals surface area contributed by atoms with Gasteiger partial charge < -0.3 is 9.47 Å². The Bertz CT molecular complexity index is 347. The fraction of sp³-hybridized carbons (Fsp3) is 0.833. The van der Waals surface area contributed by atoms with Gasteiger partial charge in [-0.3, -0.25) is 0 Å². The number of hydrogen-bond donors (Lipinski definition) is 0. The Balaban J connectivity index is 1.66. The lowest BCUT2D eigenvalue weighted by Gasteiger charge is -2.37. The summed E-state index contributed by atoms with van der Waals surface area (Å²) in [5.41, 5.74) is 0.499. The van der Waals surface area contributed by atoms with Crippen LogP contribution in [-0.4, -0.2) is 25.8 Å². The Hall–Kier alpha value is -0.830. The molecule has 21 heavy (non-hydrogen) atoms. The summed E-state index contributed by atoms with van der Waals surface area (Å²) in [5.74, 6) is 2.10. The molecule has 0 spiro atoms. The second-order valence-electron chi connectivity index (χ2n) is 6.93. The molecule has 0 atom stereocenters. The van der Waals surface area contributed by atoms with Crippen LogP contribution in [0.5, 0.6) is 0 Å². The van der Waals surface area contributed by atoms with E-state index in [1.54, 1.807) is 6.92 Å². The number of hydrogen-bond acceptors (Lipinski definition) is 3. The summed E-state index contributed by atoms with van der Waals surface area (Å²) in [5, 5.41) is 0. The van der Waals surface area contributed by atoms with Crippen LogP contribution in [0.2, 0.25) is 0 Å². The van der Waals surface area contributed by atoms with Crippen molar-refractivity contribution in [1.29, 1.82) is 0 Å². The van der Waals surface area contributed by atoms with Gasteiger partial charge in [0.1, 0.15) is 0 Å². The molecule has 3 heteroatoms. The summed E-state index contributed by atoms with van der Waals surface area (Å²) in [6.45, 7) is 5.90. The van der Waals surface area contributed by atoms with Crippen molar-refractivity contribution in [3.05, 3.63) is 12.2 Å². The maximum absolute atomic E-state index is 11.4. The van der Waals surface area contributed by atoms with Crippen molar-refractivity contribution in [3.63, 3.8) is 0 Å². The van der Waals surface area contributed by atoms with Crippen molar-refractivity contribution in [2.45, 2.75) is 64.4 Å². The third-order valence-electron chi connectivity index (χ3n) is 5.41. The highest BCUT2D eigenvalue weighted by atomic mass is 16.5. The molecule has 0 aromatic carbocycles. The molecule has 2 rings (SSSR count). The van der Waals surface area contributed by atoms with Crippen LogP contribution in [0.25, 0.3) is 0 Å². The summed E-state index contributed by atoms with van der Waals surface area (Å²) in [6, 6.07) is 0. The predicted molar refractivity (Wildman–Crippen MR) is 84.0 cm³/mol. The van der Waals surface area contributed by atoms with E-state index in [0.29, 0.717) is 24.2 Å². The van der Waals surface area contributed by atoms with Gasteiger partial charge >= 0.3 is 5.97 Å². The van der Waals surface area contributed by atoms with Crippen molar-refractivity contribution < 1.29 is 14.3 Å². The Labute approximate surface area is 129 Å². The number of ether oxygens (including phenoxy) is 2. The van der Waals surface area contributed by atoms with Gasteiger partial charge in [0.25, 0.3) is 0 Å². The zero-order valence-corrected chi connectivity index (χ0v) is 13.6. The monoisotopic (exact) mass is 294 g/mol. The largest absolute Gasteiger partial charge is 0.462 e. The van der Waals surface area contributed by atoms with Gasteiger partial charge in [0.05, 0.1) is 12.7 Å². The molecule has 0 radical (unpaired) electrons. The molecule has 0 N–H and O–H groups in total. The lowest BCUT2D eigenvalue weighted by atomic mass is 9.71. The van der Waals surface area contributed by atoms with Crippen LogP contribution in [-0.2, 0) is 14.3 Å². The minimum Gasteiger partial charge on any atom is -0.462 e. The van der Waals surface area contributed by atoms with Gasteiger partial charge in [-0.2, -0.15) is 0 Å². The van der Waals surface area contributed by atoms with Gasteiger partial charge in [0, 0.05) is 12.7 Å². The number of rotatable bonds is 5. The molecular formula is C18H30O3. The van der Waals surface area contributed by atoms with E-state index in [9.17, 15) is 4.79 Å². The molecule has 0 unspecified atom stereocenters. The molecule has 120 valence electrons. The number of carbonyl (C=O) groups excluding carboxylic acids is 1. The Morgan fingerprint density at radius 2 is 1.52 bits per heavy atom. The van der Waals surface area contributed by atoms with Crippen molar-refractivity contribution in [1.82, 2.24) is 0 Å². The Kier molecular flexibility index (Phi) is 6.28. The van der Waals surface area contributed by atoms with Crippen LogP contribution in [0.15, 0.2) is 12.2 Å². The van der Waals surface area contributed by atoms with Gasteiger partial charge in [0.2, 0.25) is 0 Å². The van der Waals surface area contributed by atoms with E-state index >= 15 is 0 Å². The van der Waals surface area contributed by atoms with Gasteiger partial charge in [-0.15, -0.1) is 0 Å². The molecule has 0 heterocycles. The second-order valence-corrected chi connectivity index (χ2v) is 6.93. The molecule has 2 saturated carbocycles. The molecule has 0 aromatic rings. The lowest BCUT2D eigenvalue weighted by molar-refractivity contribution is -0.140. The van der Waals surface area contributed by atoms with E-state index in [1.807, 2.05) is 7.11 Å². The molecule has 2 aliphatic rings. The first-order valence-corrected chi connectivity index (χ1v) is 8.45. The highest BCUT2D eigenvalue weighted by Crippen LogP contribution is 2.40. The number of methoxy groups -OCH3 is 1. The van der Waals surface area contributed by atoms with Crippen molar-refractivity contribution >= 4 is 5.97 Å². The number of carbonyl (C=O) groups is 1. The van der Waals surface area contributed by atoms with Gasteiger partial charge in [-0.1, -0.05) is 6.58 Å². The van der Waals surface area contributed by atoms with Crippen LogP contribution < -0.4 is 0 Å². The van der Waals surface area contributed by atoms with E-state index in [-0.39, 0.29) is 5.97 Å². The van der Waals surface area contributed by atoms with Crippen molar-refractivity contribution in [3.8, 4) is 0 Å². The number of esters is 1. The maximum atomic E-state index is 11.4. The highest BCUT2D eigenvalue weighted by molar-refractivity contribution is 5.86. The summed E-state index contributed by atoms with van der Waals surface area (Å²) in [4.78, 5) is 11.4. The molecule has 2 aliphatic carbocycles. The molecule has 0 amide bonds. The third kappa shape index (κ3) is 4.84. The van der Waals surface area contributed by atoms with E-state index in [4.69, 9.17) is 9.47 Å². The van der Waals surface area contributed by atoms with Crippen LogP contribution in [0.4, 0.5) is 0 Å². The zero-order valence-electron chi connectivity index (χ0n) is 13.6. The SMILES string of the molecule is C=C(C)C(=O)OCC1CCC(C2CCC(OC)CC2)CC1. The van der Waals surface area contributed by atoms with Crippen molar-refractivity contribution in [2.24, 2.45) is 17.8 Å². The molecule has 0 aromatic heterocycles. The minimum absolute atomic E-state index is 0.241. The fourth-order valence-electron chi connectivity index (χ4n) is 3.94. The second kappa shape index (κ2) is 7.98. The van der Waals surface area contributed by atoms with Crippen LogP contribution in [0.1, 0.15) is 58.3 Å². The lowest BCUT2D eigenvalue weighted by Crippen LogP contribution is -2.29. The van der Waals surface area contributed by atoms with Crippen LogP contribution in [0, 0.1) is 17.8 Å². The standard InChI is InChI=1S/C18H30O3/c1-13(2)18(19)21-12-14-4-6-15(7-5-14)16-8-10-17(20-3)11-9-16/h14-17H,1,4-12H2,2-3H3. The Morgan fingerprint density at radius 1 is 1.00 bits per heavy atom. The van der Waals surface area contributed by atoms with Gasteiger partial charge in [0.15, 0.2) is 0 Å². The normalized spacial score (nSPS) is 33.4. The summed E-state index contributed by atoms with van der Waals surface area (Å²) in [7, 11) is 1.84. The summed E-state index contributed by atoms with van der Waals surface area (Å²) in [6.07, 6.45) is 10.6.